The molecule has 0 radical (unpaired) electrons. The Hall–Kier alpha value is -6.41. The van der Waals surface area contributed by atoms with E-state index in [9.17, 15) is 39.7 Å². The maximum Gasteiger partial charge on any atom is 0.407 e. The van der Waals surface area contributed by atoms with E-state index >= 15 is 0 Å². The summed E-state index contributed by atoms with van der Waals surface area (Å²) in [5, 5.41) is 37.2. The number of ether oxygens (including phenoxy) is 2. The number of fused-ring (bicyclic) bond motifs is 3. The monoisotopic (exact) mass is 694 g/mol. The van der Waals surface area contributed by atoms with Gasteiger partial charge in [-0.15, -0.1) is 0 Å². The minimum Gasteiger partial charge on any atom is -0.480 e. The molecule has 3 N–H and O–H groups in total. The van der Waals surface area contributed by atoms with Crippen molar-refractivity contribution in [3.63, 3.8) is 0 Å². The van der Waals surface area contributed by atoms with E-state index in [2.05, 4.69) is 10.6 Å². The summed E-state index contributed by atoms with van der Waals surface area (Å²) in [5.41, 5.74) is 5.17. The zero-order valence-electron chi connectivity index (χ0n) is 27.2. The summed E-state index contributed by atoms with van der Waals surface area (Å²) in [6.07, 6.45) is 2.19. The Labute approximate surface area is 292 Å². The number of carbonyl (C=O) groups excluding carboxylic acids is 2. The number of aliphatic carboxylic acids is 1. The van der Waals surface area contributed by atoms with Gasteiger partial charge < -0.3 is 25.2 Å². The second kappa shape index (κ2) is 16.8. The molecule has 1 amide bonds. The number of esters is 1. The molecule has 0 fully saturated rings. The zero-order valence-corrected chi connectivity index (χ0v) is 27.2. The first kappa shape index (κ1) is 35.9. The molecule has 1 aliphatic carbocycles. The Morgan fingerprint density at radius 1 is 0.725 bits per heavy atom. The molecule has 0 saturated carbocycles. The van der Waals surface area contributed by atoms with Crippen LogP contribution in [0.2, 0.25) is 0 Å². The molecular formula is C37H34N4O10. The summed E-state index contributed by atoms with van der Waals surface area (Å²) in [6.45, 7) is 0.0256. The number of carboxylic acids is 1. The summed E-state index contributed by atoms with van der Waals surface area (Å²) in [4.78, 5) is 58.7. The molecule has 0 aliphatic heterocycles. The highest BCUT2D eigenvalue weighted by Gasteiger charge is 2.29. The second-order valence-electron chi connectivity index (χ2n) is 11.7. The van der Waals surface area contributed by atoms with E-state index in [1.165, 1.54) is 42.5 Å². The fourth-order valence-corrected chi connectivity index (χ4v) is 5.68. The van der Waals surface area contributed by atoms with E-state index in [1.807, 2.05) is 48.5 Å². The van der Waals surface area contributed by atoms with Crippen molar-refractivity contribution in [1.29, 1.82) is 0 Å². The van der Waals surface area contributed by atoms with Gasteiger partial charge in [0.1, 0.15) is 25.3 Å². The molecule has 2 unspecified atom stereocenters. The van der Waals surface area contributed by atoms with Gasteiger partial charge in [0.2, 0.25) is 0 Å². The van der Waals surface area contributed by atoms with Crippen LogP contribution in [0.5, 0.6) is 0 Å². The van der Waals surface area contributed by atoms with Gasteiger partial charge in [-0.3, -0.25) is 25.0 Å². The summed E-state index contributed by atoms with van der Waals surface area (Å²) in [6, 6.07) is 24.8. The Bertz CT molecular complexity index is 1880. The van der Waals surface area contributed by atoms with Gasteiger partial charge in [-0.2, -0.15) is 0 Å². The quantitative estimate of drug-likeness (QED) is 0.0535. The van der Waals surface area contributed by atoms with Crippen LogP contribution in [-0.4, -0.2) is 51.7 Å². The number of hydrogen-bond donors (Lipinski definition) is 3. The molecule has 14 heteroatoms. The molecule has 4 aromatic carbocycles. The third kappa shape index (κ3) is 9.39. The van der Waals surface area contributed by atoms with Gasteiger partial charge in [-0.1, -0.05) is 72.8 Å². The Balaban J connectivity index is 1.17. The van der Waals surface area contributed by atoms with E-state index in [0.717, 1.165) is 22.3 Å². The third-order valence-corrected chi connectivity index (χ3v) is 8.36. The molecule has 0 saturated heterocycles. The van der Waals surface area contributed by atoms with Gasteiger partial charge >= 0.3 is 18.0 Å². The van der Waals surface area contributed by atoms with Crippen LogP contribution < -0.4 is 10.6 Å². The number of rotatable bonds is 16. The highest BCUT2D eigenvalue weighted by atomic mass is 16.6. The second-order valence-corrected chi connectivity index (χ2v) is 11.7. The van der Waals surface area contributed by atoms with E-state index < -0.39 is 40.0 Å². The van der Waals surface area contributed by atoms with E-state index in [0.29, 0.717) is 11.1 Å². The molecule has 5 rings (SSSR count). The zero-order chi connectivity index (χ0) is 36.3. The van der Waals surface area contributed by atoms with E-state index in [1.54, 1.807) is 18.2 Å². The van der Waals surface area contributed by atoms with Crippen LogP contribution in [0.1, 0.15) is 41.0 Å². The van der Waals surface area contributed by atoms with Crippen LogP contribution in [-0.2, 0) is 32.2 Å². The average molecular weight is 695 g/mol. The van der Waals surface area contributed by atoms with Crippen molar-refractivity contribution in [2.24, 2.45) is 0 Å². The largest absolute Gasteiger partial charge is 0.480 e. The van der Waals surface area contributed by atoms with Crippen molar-refractivity contribution in [2.75, 3.05) is 6.61 Å². The number of nitrogens with one attached hydrogen (secondary N) is 2. The van der Waals surface area contributed by atoms with Crippen LogP contribution >= 0.6 is 0 Å². The van der Waals surface area contributed by atoms with Crippen LogP contribution in [0.4, 0.5) is 16.2 Å². The number of benzene rings is 4. The highest BCUT2D eigenvalue weighted by molar-refractivity contribution is 5.81. The van der Waals surface area contributed by atoms with Crippen LogP contribution in [0.15, 0.2) is 109 Å². The fourth-order valence-electron chi connectivity index (χ4n) is 5.68. The van der Waals surface area contributed by atoms with Gasteiger partial charge in [-0.25, -0.2) is 9.59 Å². The lowest BCUT2D eigenvalue weighted by atomic mass is 9.98. The van der Waals surface area contributed by atoms with Crippen molar-refractivity contribution < 1.29 is 38.8 Å². The Morgan fingerprint density at radius 3 is 1.76 bits per heavy atom. The molecule has 0 spiro atoms. The third-order valence-electron chi connectivity index (χ3n) is 8.36. The van der Waals surface area contributed by atoms with Gasteiger partial charge in [0.25, 0.3) is 11.4 Å². The molecule has 4 aromatic rings. The van der Waals surface area contributed by atoms with Crippen molar-refractivity contribution in [3.05, 3.63) is 152 Å². The maximum absolute atomic E-state index is 13.1. The van der Waals surface area contributed by atoms with Gasteiger partial charge in [0.15, 0.2) is 0 Å². The van der Waals surface area contributed by atoms with Crippen molar-refractivity contribution in [1.82, 2.24) is 10.6 Å². The van der Waals surface area contributed by atoms with Gasteiger partial charge in [0.05, 0.1) is 9.85 Å². The standard InChI is InChI=1S/C37H34N4O10/c42-35(43)33(39-37(45)51-23-32-30-9-3-1-7-28(30)29-8-2-4-10-31(29)32)11-5-6-12-34(38-21-24-13-17-26(18-14-24)40(46)47)36(44)50-22-25-15-19-27(20-16-25)41(48)49/h1-10,13-20,32-34,38H,11-12,21-23H2,(H,39,45)(H,42,43)/b6-5-. The molecule has 0 heterocycles. The number of amides is 1. The van der Waals surface area contributed by atoms with Gasteiger partial charge in [-0.05, 0) is 58.4 Å². The molecule has 0 aromatic heterocycles. The first-order chi connectivity index (χ1) is 24.6. The Kier molecular flexibility index (Phi) is 11.8. The molecule has 2 atom stereocenters. The topological polar surface area (TPSA) is 200 Å². The predicted octanol–water partition coefficient (Wildman–Crippen LogP) is 6.03. The number of nitrogens with zero attached hydrogens (tertiary/aromatic N) is 2. The first-order valence-corrected chi connectivity index (χ1v) is 16.0. The number of carbonyl (C=O) groups is 3. The number of nitro benzene ring substituents is 2. The first-order valence-electron chi connectivity index (χ1n) is 16.0. The molecular weight excluding hydrogens is 660 g/mol. The van der Waals surface area contributed by atoms with E-state index in [-0.39, 0.29) is 49.9 Å². The van der Waals surface area contributed by atoms with Crippen LogP contribution in [0.3, 0.4) is 0 Å². The van der Waals surface area contributed by atoms with Gasteiger partial charge in [0, 0.05) is 36.7 Å². The van der Waals surface area contributed by atoms with E-state index in [4.69, 9.17) is 9.47 Å². The molecule has 51 heavy (non-hydrogen) atoms. The normalized spacial score (nSPS) is 13.1. The summed E-state index contributed by atoms with van der Waals surface area (Å²) in [7, 11) is 0. The highest BCUT2D eigenvalue weighted by Crippen LogP contribution is 2.44. The average Bonchev–Trinajstić information content (AvgIpc) is 3.45. The predicted molar refractivity (Wildman–Crippen MR) is 185 cm³/mol. The number of carboxylic acid groups (broad SMARTS) is 1. The fraction of sp³-hybridized carbons (Fsp3) is 0.216. The lowest BCUT2D eigenvalue weighted by molar-refractivity contribution is -0.385. The summed E-state index contributed by atoms with van der Waals surface area (Å²) >= 11 is 0. The van der Waals surface area contributed by atoms with Crippen LogP contribution in [0, 0.1) is 20.2 Å². The molecule has 262 valence electrons. The Morgan fingerprint density at radius 2 is 1.24 bits per heavy atom. The van der Waals surface area contributed by atoms with Crippen molar-refractivity contribution >= 4 is 29.4 Å². The summed E-state index contributed by atoms with van der Waals surface area (Å²) < 4.78 is 10.9. The number of alkyl carbamates (subject to hydrolysis) is 1. The SMILES string of the molecule is O=C(NC(C/C=C\CC(NCc1ccc([N+](=O)[O-])cc1)C(=O)OCc1ccc([N+](=O)[O-])cc1)C(=O)O)OCC1c2ccccc2-c2ccccc21. The maximum atomic E-state index is 13.1. The minimum atomic E-state index is -1.31. The van der Waals surface area contributed by atoms with Crippen molar-refractivity contribution in [3.8, 4) is 11.1 Å². The summed E-state index contributed by atoms with van der Waals surface area (Å²) in [5.74, 6) is -2.11. The smallest absolute Gasteiger partial charge is 0.407 e. The number of nitro groups is 2. The number of hydrogen-bond acceptors (Lipinski definition) is 10. The number of non-ortho nitro benzene ring substituents is 2. The lowest BCUT2D eigenvalue weighted by Crippen LogP contribution is -2.41. The molecule has 0 bridgehead atoms. The molecule has 1 aliphatic rings. The van der Waals surface area contributed by atoms with Crippen LogP contribution in [0.25, 0.3) is 11.1 Å². The minimum absolute atomic E-state index is 0.0200. The molecule has 14 nitrogen and oxygen atoms in total. The lowest BCUT2D eigenvalue weighted by Gasteiger charge is -2.17. The van der Waals surface area contributed by atoms with Crippen molar-refractivity contribution in [2.45, 2.75) is 44.0 Å².